The van der Waals surface area contributed by atoms with Gasteiger partial charge in [-0.3, -0.25) is 19.6 Å². The van der Waals surface area contributed by atoms with Crippen molar-refractivity contribution < 1.29 is 27.6 Å². The van der Waals surface area contributed by atoms with Crippen molar-refractivity contribution in [1.82, 2.24) is 0 Å². The van der Waals surface area contributed by atoms with Crippen molar-refractivity contribution in [2.24, 2.45) is 0 Å². The molecule has 0 bridgehead atoms. The molecule has 0 aliphatic rings. The van der Waals surface area contributed by atoms with Crippen molar-refractivity contribution in [1.29, 1.82) is 0 Å². The summed E-state index contributed by atoms with van der Waals surface area (Å²) >= 11 is 0. The summed E-state index contributed by atoms with van der Waals surface area (Å²) < 4.78 is 34.7. The third kappa shape index (κ3) is 6.96. The van der Waals surface area contributed by atoms with Crippen LogP contribution in [0.4, 0.5) is 11.4 Å². The molecule has 23 heavy (non-hydrogen) atoms. The Morgan fingerprint density at radius 3 is 2.65 bits per heavy atom. The molecule has 0 saturated carbocycles. The maximum Gasteiger partial charge on any atom is 0.305 e. The first-order valence-corrected chi connectivity index (χ1v) is 8.66. The molecule has 1 aromatic rings. The zero-order valence-corrected chi connectivity index (χ0v) is 13.6. The number of nitrogens with one attached hydrogen (secondary N) is 1. The van der Waals surface area contributed by atoms with Crippen LogP contribution < -0.4 is 9.46 Å². The molecule has 0 atom stereocenters. The van der Waals surface area contributed by atoms with E-state index >= 15 is 0 Å². The Morgan fingerprint density at radius 1 is 1.39 bits per heavy atom. The molecular formula is C13H18N2O7S. The summed E-state index contributed by atoms with van der Waals surface area (Å²) in [6, 6.07) is 3.73. The first-order valence-electron chi connectivity index (χ1n) is 6.77. The summed E-state index contributed by atoms with van der Waals surface area (Å²) in [5.74, 6) is -0.0789. The Hall–Kier alpha value is -2.36. The van der Waals surface area contributed by atoms with Crippen molar-refractivity contribution in [2.75, 3.05) is 24.2 Å². The minimum atomic E-state index is -3.66. The lowest BCUT2D eigenvalue weighted by atomic mass is 10.2. The van der Waals surface area contributed by atoms with E-state index < -0.39 is 14.9 Å². The Balaban J connectivity index is 2.72. The minimum Gasteiger partial charge on any atom is -0.493 e. The first kappa shape index (κ1) is 18.7. The van der Waals surface area contributed by atoms with E-state index in [4.69, 9.17) is 9.47 Å². The molecular weight excluding hydrogens is 328 g/mol. The van der Waals surface area contributed by atoms with Gasteiger partial charge in [0, 0.05) is 18.6 Å². The number of ether oxygens (including phenoxy) is 2. The van der Waals surface area contributed by atoms with E-state index in [1.54, 1.807) is 6.92 Å². The molecule has 0 amide bonds. The average Bonchev–Trinajstić information content (AvgIpc) is 2.42. The Labute approximate surface area is 133 Å². The molecule has 0 saturated heterocycles. The van der Waals surface area contributed by atoms with Gasteiger partial charge in [-0.25, -0.2) is 8.42 Å². The van der Waals surface area contributed by atoms with Gasteiger partial charge >= 0.3 is 5.97 Å². The molecule has 1 aromatic carbocycles. The number of hydrogen-bond acceptors (Lipinski definition) is 7. The van der Waals surface area contributed by atoms with Gasteiger partial charge in [-0.2, -0.15) is 0 Å². The zero-order valence-electron chi connectivity index (χ0n) is 12.8. The predicted molar refractivity (Wildman–Crippen MR) is 82.9 cm³/mol. The lowest BCUT2D eigenvalue weighted by Crippen LogP contribution is -2.11. The van der Waals surface area contributed by atoms with Crippen LogP contribution in [0, 0.1) is 10.1 Å². The standard InChI is InChI=1S/C13H18N2O7S/c1-3-21-13(16)5-4-8-22-10-6-7-12(15(17)18)11(9-10)14-23(2,19)20/h6-7,9,14H,3-5,8H2,1-2H3. The fourth-order valence-corrected chi connectivity index (χ4v) is 2.25. The maximum atomic E-state index is 11.3. The third-order valence-electron chi connectivity index (χ3n) is 2.56. The second-order valence-electron chi connectivity index (χ2n) is 4.57. The summed E-state index contributed by atoms with van der Waals surface area (Å²) in [6.07, 6.45) is 1.49. The Morgan fingerprint density at radius 2 is 2.09 bits per heavy atom. The van der Waals surface area contributed by atoms with Gasteiger partial charge in [-0.05, 0) is 19.4 Å². The number of nitrogens with zero attached hydrogens (tertiary/aromatic N) is 1. The van der Waals surface area contributed by atoms with E-state index in [1.807, 2.05) is 0 Å². The minimum absolute atomic E-state index is 0.180. The Bertz CT molecular complexity index is 673. The molecule has 0 spiro atoms. The molecule has 0 aromatic heterocycles. The zero-order chi connectivity index (χ0) is 17.5. The molecule has 0 unspecified atom stereocenters. The number of carbonyl (C=O) groups excluding carboxylic acids is 1. The number of sulfonamides is 1. The normalized spacial score (nSPS) is 10.9. The second-order valence-corrected chi connectivity index (χ2v) is 6.32. The van der Waals surface area contributed by atoms with Crippen LogP contribution in [-0.4, -0.2) is 38.8 Å². The highest BCUT2D eigenvalue weighted by Crippen LogP contribution is 2.29. The van der Waals surface area contributed by atoms with Crippen molar-refractivity contribution in [2.45, 2.75) is 19.8 Å². The van der Waals surface area contributed by atoms with E-state index in [0.29, 0.717) is 13.0 Å². The van der Waals surface area contributed by atoms with E-state index in [0.717, 1.165) is 12.3 Å². The van der Waals surface area contributed by atoms with Crippen LogP contribution in [0.25, 0.3) is 0 Å². The van der Waals surface area contributed by atoms with Crippen LogP contribution in [0.3, 0.4) is 0 Å². The van der Waals surface area contributed by atoms with Gasteiger partial charge < -0.3 is 9.47 Å². The van der Waals surface area contributed by atoms with Crippen molar-refractivity contribution in [3.8, 4) is 5.75 Å². The van der Waals surface area contributed by atoms with E-state index in [1.165, 1.54) is 12.1 Å². The molecule has 0 fully saturated rings. The molecule has 1 N–H and O–H groups in total. The van der Waals surface area contributed by atoms with Crippen LogP contribution in [0.5, 0.6) is 5.75 Å². The highest BCUT2D eigenvalue weighted by Gasteiger charge is 2.17. The van der Waals surface area contributed by atoms with Crippen LogP contribution in [0.15, 0.2) is 18.2 Å². The molecule has 0 heterocycles. The van der Waals surface area contributed by atoms with Gasteiger partial charge in [0.1, 0.15) is 11.4 Å². The summed E-state index contributed by atoms with van der Waals surface area (Å²) in [5, 5.41) is 10.9. The van der Waals surface area contributed by atoms with Crippen LogP contribution in [-0.2, 0) is 19.6 Å². The molecule has 10 heteroatoms. The van der Waals surface area contributed by atoms with Crippen molar-refractivity contribution in [3.63, 3.8) is 0 Å². The van der Waals surface area contributed by atoms with Crippen LogP contribution in [0.2, 0.25) is 0 Å². The van der Waals surface area contributed by atoms with Crippen molar-refractivity contribution in [3.05, 3.63) is 28.3 Å². The van der Waals surface area contributed by atoms with Gasteiger partial charge in [-0.1, -0.05) is 0 Å². The highest BCUT2D eigenvalue weighted by molar-refractivity contribution is 7.92. The van der Waals surface area contributed by atoms with Crippen LogP contribution in [0.1, 0.15) is 19.8 Å². The number of anilines is 1. The lowest BCUT2D eigenvalue weighted by molar-refractivity contribution is -0.383. The average molecular weight is 346 g/mol. The lowest BCUT2D eigenvalue weighted by Gasteiger charge is -2.09. The van der Waals surface area contributed by atoms with Gasteiger partial charge in [0.15, 0.2) is 0 Å². The monoisotopic (exact) mass is 346 g/mol. The van der Waals surface area contributed by atoms with Gasteiger partial charge in [-0.15, -0.1) is 0 Å². The van der Waals surface area contributed by atoms with E-state index in [9.17, 15) is 23.3 Å². The van der Waals surface area contributed by atoms with Gasteiger partial charge in [0.05, 0.1) is 24.4 Å². The summed E-state index contributed by atoms with van der Waals surface area (Å²) in [7, 11) is -3.66. The quantitative estimate of drug-likeness (QED) is 0.312. The van der Waals surface area contributed by atoms with Gasteiger partial charge in [0.25, 0.3) is 5.69 Å². The van der Waals surface area contributed by atoms with Crippen molar-refractivity contribution >= 4 is 27.4 Å². The number of nitro groups is 1. The fourth-order valence-electron chi connectivity index (χ4n) is 1.69. The number of hydrogen-bond donors (Lipinski definition) is 1. The number of carbonyl (C=O) groups is 1. The third-order valence-corrected chi connectivity index (χ3v) is 3.15. The fraction of sp³-hybridized carbons (Fsp3) is 0.462. The van der Waals surface area contributed by atoms with E-state index in [-0.39, 0.29) is 36.1 Å². The molecule has 128 valence electrons. The number of nitro benzene ring substituents is 1. The number of benzene rings is 1. The largest absolute Gasteiger partial charge is 0.493 e. The number of esters is 1. The molecule has 0 radical (unpaired) electrons. The predicted octanol–water partition coefficient (Wildman–Crippen LogP) is 1.69. The summed E-state index contributed by atoms with van der Waals surface area (Å²) in [4.78, 5) is 21.4. The topological polar surface area (TPSA) is 125 Å². The summed E-state index contributed by atoms with van der Waals surface area (Å²) in [5.41, 5.74) is -0.560. The summed E-state index contributed by atoms with van der Waals surface area (Å²) in [6.45, 7) is 2.21. The molecule has 0 aliphatic carbocycles. The number of rotatable bonds is 9. The SMILES string of the molecule is CCOC(=O)CCCOc1ccc([N+](=O)[O-])c(NS(C)(=O)=O)c1. The molecule has 0 aliphatic heterocycles. The van der Waals surface area contributed by atoms with E-state index in [2.05, 4.69) is 4.72 Å². The highest BCUT2D eigenvalue weighted by atomic mass is 32.2. The van der Waals surface area contributed by atoms with Crippen LogP contribution >= 0.6 is 0 Å². The molecule has 1 rings (SSSR count). The maximum absolute atomic E-state index is 11.3. The molecule has 9 nitrogen and oxygen atoms in total. The second kappa shape index (κ2) is 8.32. The Kier molecular flexibility index (Phi) is 6.76. The smallest absolute Gasteiger partial charge is 0.305 e. The first-order chi connectivity index (χ1) is 10.7. The van der Waals surface area contributed by atoms with Gasteiger partial charge in [0.2, 0.25) is 10.0 Å².